The Hall–Kier alpha value is -3.08. The van der Waals surface area contributed by atoms with Crippen LogP contribution >= 0.6 is 0 Å². The highest BCUT2D eigenvalue weighted by molar-refractivity contribution is 6.15. The lowest BCUT2D eigenvalue weighted by molar-refractivity contribution is -0.137. The summed E-state index contributed by atoms with van der Waals surface area (Å²) in [6, 6.07) is 17.3. The largest absolute Gasteiger partial charge is 0.497 e. The second kappa shape index (κ2) is 8.11. The fraction of sp³-hybridized carbons (Fsp3) is 0.333. The number of carbonyl (C=O) groups excluding carboxylic acids is 2. The number of hydrogen-bond acceptors (Lipinski definition) is 3. The van der Waals surface area contributed by atoms with Gasteiger partial charge in [0.1, 0.15) is 5.75 Å². The zero-order chi connectivity index (χ0) is 20.3. The highest BCUT2D eigenvalue weighted by Gasteiger charge is 2.56. The number of methoxy groups -OCH3 is 1. The molecule has 29 heavy (non-hydrogen) atoms. The molecule has 5 heteroatoms. The predicted octanol–water partition coefficient (Wildman–Crippen LogP) is 3.94. The summed E-state index contributed by atoms with van der Waals surface area (Å²) < 4.78 is 5.22. The molecule has 2 aromatic carbocycles. The van der Waals surface area contributed by atoms with Crippen LogP contribution in [-0.2, 0) is 9.59 Å². The van der Waals surface area contributed by atoms with E-state index in [1.54, 1.807) is 12.0 Å². The van der Waals surface area contributed by atoms with E-state index in [-0.39, 0.29) is 24.3 Å². The molecule has 0 aromatic heterocycles. The molecule has 2 aliphatic rings. The molecule has 150 valence electrons. The number of carbonyl (C=O) groups is 2. The Bertz CT molecular complexity index is 901. The zero-order valence-electron chi connectivity index (χ0n) is 16.6. The fourth-order valence-electron chi connectivity index (χ4n) is 4.20. The lowest BCUT2D eigenvalue weighted by Crippen LogP contribution is -2.70. The molecule has 0 unspecified atom stereocenters. The maximum Gasteiger partial charge on any atom is 0.251 e. The molecule has 2 fully saturated rings. The highest BCUT2D eigenvalue weighted by atomic mass is 16.5. The van der Waals surface area contributed by atoms with Crippen LogP contribution in [0.15, 0.2) is 60.7 Å². The number of hydrogen-bond donors (Lipinski definition) is 1. The molecular formula is C24H26N2O3. The molecule has 1 saturated carbocycles. The van der Waals surface area contributed by atoms with Crippen molar-refractivity contribution >= 4 is 23.6 Å². The van der Waals surface area contributed by atoms with Gasteiger partial charge >= 0.3 is 0 Å². The third-order valence-corrected chi connectivity index (χ3v) is 5.83. The maximum atomic E-state index is 13.4. The summed E-state index contributed by atoms with van der Waals surface area (Å²) in [6.07, 6.45) is 8.25. The molecule has 1 saturated heterocycles. The first-order valence-corrected chi connectivity index (χ1v) is 10.1. The lowest BCUT2D eigenvalue weighted by Gasteiger charge is -2.49. The number of amides is 2. The minimum atomic E-state index is -1.01. The Morgan fingerprint density at radius 3 is 2.41 bits per heavy atom. The Balaban J connectivity index is 1.67. The maximum absolute atomic E-state index is 13.4. The number of nitrogens with one attached hydrogen (secondary N) is 1. The SMILES string of the molecule is COc1ccc(N2C(=O)C[C@@]2(/C=C\c2ccccc2)C(=O)NC2CCCC2)cc1. The molecule has 2 aromatic rings. The van der Waals surface area contributed by atoms with Gasteiger partial charge in [-0.2, -0.15) is 0 Å². The van der Waals surface area contributed by atoms with Gasteiger partial charge in [-0.3, -0.25) is 14.5 Å². The molecule has 5 nitrogen and oxygen atoms in total. The van der Waals surface area contributed by atoms with Crippen LogP contribution < -0.4 is 15.0 Å². The van der Waals surface area contributed by atoms with Crippen LogP contribution in [0.2, 0.25) is 0 Å². The Labute approximate surface area is 171 Å². The minimum Gasteiger partial charge on any atom is -0.497 e. The van der Waals surface area contributed by atoms with Gasteiger partial charge in [0.2, 0.25) is 5.91 Å². The van der Waals surface area contributed by atoms with E-state index in [0.29, 0.717) is 11.4 Å². The van der Waals surface area contributed by atoms with Crippen LogP contribution in [-0.4, -0.2) is 30.5 Å². The van der Waals surface area contributed by atoms with Gasteiger partial charge in [-0.25, -0.2) is 0 Å². The molecule has 0 bridgehead atoms. The molecule has 4 rings (SSSR count). The number of rotatable bonds is 6. The quantitative estimate of drug-likeness (QED) is 0.760. The molecule has 1 aliphatic carbocycles. The second-order valence-electron chi connectivity index (χ2n) is 7.73. The van der Waals surface area contributed by atoms with Crippen molar-refractivity contribution in [3.63, 3.8) is 0 Å². The summed E-state index contributed by atoms with van der Waals surface area (Å²) in [5, 5.41) is 3.19. The first-order chi connectivity index (χ1) is 14.1. The van der Waals surface area contributed by atoms with E-state index in [0.717, 1.165) is 31.2 Å². The summed E-state index contributed by atoms with van der Waals surface area (Å²) in [7, 11) is 1.60. The fourth-order valence-corrected chi connectivity index (χ4v) is 4.20. The monoisotopic (exact) mass is 390 g/mol. The summed E-state index contributed by atoms with van der Waals surface area (Å²) >= 11 is 0. The van der Waals surface area contributed by atoms with Gasteiger partial charge in [-0.1, -0.05) is 49.2 Å². The molecule has 0 spiro atoms. The number of nitrogens with zero attached hydrogens (tertiary/aromatic N) is 1. The first-order valence-electron chi connectivity index (χ1n) is 10.1. The predicted molar refractivity (Wildman–Crippen MR) is 114 cm³/mol. The van der Waals surface area contributed by atoms with Crippen molar-refractivity contribution < 1.29 is 14.3 Å². The average Bonchev–Trinajstić information content (AvgIpc) is 3.25. The molecule has 1 atom stereocenters. The number of benzene rings is 2. The van der Waals surface area contributed by atoms with Gasteiger partial charge in [0.15, 0.2) is 5.54 Å². The van der Waals surface area contributed by atoms with Gasteiger partial charge in [0, 0.05) is 11.7 Å². The average molecular weight is 390 g/mol. The van der Waals surface area contributed by atoms with E-state index in [1.807, 2.05) is 66.7 Å². The van der Waals surface area contributed by atoms with Crippen LogP contribution in [0.25, 0.3) is 6.08 Å². The lowest BCUT2D eigenvalue weighted by atomic mass is 9.80. The van der Waals surface area contributed by atoms with E-state index >= 15 is 0 Å². The zero-order valence-corrected chi connectivity index (χ0v) is 16.6. The summed E-state index contributed by atoms with van der Waals surface area (Å²) in [6.45, 7) is 0. The van der Waals surface area contributed by atoms with Crippen LogP contribution in [0.3, 0.4) is 0 Å². The van der Waals surface area contributed by atoms with Gasteiger partial charge in [-0.15, -0.1) is 0 Å². The van der Waals surface area contributed by atoms with Gasteiger partial charge < -0.3 is 10.1 Å². The topological polar surface area (TPSA) is 58.6 Å². The standard InChI is InChI=1S/C24H26N2O3/c1-29-21-13-11-20(12-14-21)26-22(27)17-24(26,16-15-18-7-3-2-4-8-18)23(28)25-19-9-5-6-10-19/h2-4,7-8,11-16,19H,5-6,9-10,17H2,1H3,(H,25,28)/b16-15-/t24-/m0/s1. The van der Waals surface area contributed by atoms with Crippen LogP contribution in [0.1, 0.15) is 37.7 Å². The van der Waals surface area contributed by atoms with E-state index in [2.05, 4.69) is 5.32 Å². The minimum absolute atomic E-state index is 0.0607. The van der Waals surface area contributed by atoms with Gasteiger partial charge in [0.05, 0.1) is 13.5 Å². The molecule has 0 radical (unpaired) electrons. The normalized spacial score (nSPS) is 22.0. The van der Waals surface area contributed by atoms with E-state index < -0.39 is 5.54 Å². The summed E-state index contributed by atoms with van der Waals surface area (Å²) in [5.74, 6) is 0.545. The third-order valence-electron chi connectivity index (χ3n) is 5.83. The molecule has 1 heterocycles. The summed E-state index contributed by atoms with van der Waals surface area (Å²) in [5.41, 5.74) is 0.681. The van der Waals surface area contributed by atoms with E-state index in [4.69, 9.17) is 4.74 Å². The van der Waals surface area contributed by atoms with Crippen molar-refractivity contribution in [3.05, 3.63) is 66.2 Å². The van der Waals surface area contributed by atoms with Crippen molar-refractivity contribution in [2.45, 2.75) is 43.7 Å². The van der Waals surface area contributed by atoms with Crippen LogP contribution in [0.4, 0.5) is 5.69 Å². The number of β-lactam (4-membered cyclic amide) rings is 1. The van der Waals surface area contributed by atoms with Gasteiger partial charge in [0.25, 0.3) is 5.91 Å². The number of anilines is 1. The Kier molecular flexibility index (Phi) is 5.38. The smallest absolute Gasteiger partial charge is 0.251 e. The van der Waals surface area contributed by atoms with Crippen LogP contribution in [0.5, 0.6) is 5.75 Å². The van der Waals surface area contributed by atoms with Crippen molar-refractivity contribution in [2.75, 3.05) is 12.0 Å². The van der Waals surface area contributed by atoms with E-state index in [1.165, 1.54) is 0 Å². The highest BCUT2D eigenvalue weighted by Crippen LogP contribution is 2.40. The van der Waals surface area contributed by atoms with Crippen molar-refractivity contribution in [3.8, 4) is 5.75 Å². The van der Waals surface area contributed by atoms with Crippen LogP contribution in [0, 0.1) is 0 Å². The molecule has 2 amide bonds. The van der Waals surface area contributed by atoms with Crippen molar-refractivity contribution in [1.29, 1.82) is 0 Å². The third kappa shape index (κ3) is 3.77. The molecule has 1 aliphatic heterocycles. The second-order valence-corrected chi connectivity index (χ2v) is 7.73. The van der Waals surface area contributed by atoms with E-state index in [9.17, 15) is 9.59 Å². The number of ether oxygens (including phenoxy) is 1. The first kappa shape index (κ1) is 19.2. The molecule has 1 N–H and O–H groups in total. The Morgan fingerprint density at radius 1 is 1.10 bits per heavy atom. The Morgan fingerprint density at radius 2 is 1.79 bits per heavy atom. The molecular weight excluding hydrogens is 364 g/mol. The van der Waals surface area contributed by atoms with Crippen molar-refractivity contribution in [2.24, 2.45) is 0 Å². The summed E-state index contributed by atoms with van der Waals surface area (Å²) in [4.78, 5) is 27.6. The van der Waals surface area contributed by atoms with Crippen molar-refractivity contribution in [1.82, 2.24) is 5.32 Å². The van der Waals surface area contributed by atoms with Gasteiger partial charge in [-0.05, 0) is 48.7 Å².